The van der Waals surface area contributed by atoms with Crippen LogP contribution in [0.15, 0.2) is 60.7 Å². The summed E-state index contributed by atoms with van der Waals surface area (Å²) in [5.41, 5.74) is -1.04. The van der Waals surface area contributed by atoms with E-state index in [-0.39, 0.29) is 26.6 Å². The largest absolute Gasteiger partial charge is 0.325 e. The maximum atomic E-state index is 15.8. The van der Waals surface area contributed by atoms with Gasteiger partial charge in [0.15, 0.2) is 0 Å². The quantitative estimate of drug-likeness (QED) is 0.232. The average molecular weight is 610 g/mol. The molecular formula is C30H27Cl2F2N7O. The van der Waals surface area contributed by atoms with Crippen LogP contribution in [0.3, 0.4) is 0 Å². The maximum Gasteiger partial charge on any atom is 0.242 e. The van der Waals surface area contributed by atoms with E-state index in [4.69, 9.17) is 23.2 Å². The van der Waals surface area contributed by atoms with Crippen LogP contribution in [0.2, 0.25) is 10.0 Å². The number of aromatic nitrogens is 4. The molecule has 2 unspecified atom stereocenters. The number of carbonyl (C=O) groups is 1. The Kier molecular flexibility index (Phi) is 8.03. The van der Waals surface area contributed by atoms with E-state index in [0.717, 1.165) is 6.07 Å². The van der Waals surface area contributed by atoms with Gasteiger partial charge in [-0.3, -0.25) is 4.79 Å². The Labute approximate surface area is 251 Å². The minimum atomic E-state index is -1.72. The minimum Gasteiger partial charge on any atom is -0.325 e. The van der Waals surface area contributed by atoms with Crippen molar-refractivity contribution in [1.29, 1.82) is 5.26 Å². The fourth-order valence-electron chi connectivity index (χ4n) is 5.80. The van der Waals surface area contributed by atoms with Gasteiger partial charge in [-0.1, -0.05) is 74.3 Å². The van der Waals surface area contributed by atoms with E-state index in [0.29, 0.717) is 23.5 Å². The lowest BCUT2D eigenvalue weighted by Gasteiger charge is -2.37. The zero-order valence-corrected chi connectivity index (χ0v) is 24.4. The molecule has 216 valence electrons. The van der Waals surface area contributed by atoms with E-state index in [1.807, 2.05) is 20.8 Å². The highest BCUT2D eigenvalue weighted by Crippen LogP contribution is 2.52. The highest BCUT2D eigenvalue weighted by molar-refractivity contribution is 6.31. The van der Waals surface area contributed by atoms with E-state index in [1.165, 1.54) is 24.3 Å². The van der Waals surface area contributed by atoms with Crippen LogP contribution in [0, 0.1) is 28.4 Å². The van der Waals surface area contributed by atoms with E-state index in [1.54, 1.807) is 30.3 Å². The molecule has 2 heterocycles. The molecule has 3 aromatic carbocycles. The van der Waals surface area contributed by atoms with Crippen LogP contribution in [0.5, 0.6) is 0 Å². The molecular weight excluding hydrogens is 583 g/mol. The van der Waals surface area contributed by atoms with Crippen LogP contribution in [0.1, 0.15) is 44.2 Å². The molecule has 1 fully saturated rings. The topological polar surface area (TPSA) is 119 Å². The van der Waals surface area contributed by atoms with Crippen molar-refractivity contribution in [3.05, 3.63) is 93.5 Å². The molecule has 8 nitrogen and oxygen atoms in total. The molecule has 1 aliphatic heterocycles. The summed E-state index contributed by atoms with van der Waals surface area (Å²) in [5.74, 6) is -2.91. The van der Waals surface area contributed by atoms with Crippen LogP contribution in [-0.4, -0.2) is 38.6 Å². The highest BCUT2D eigenvalue weighted by Gasteiger charge is 2.61. The van der Waals surface area contributed by atoms with Gasteiger partial charge in [-0.2, -0.15) is 10.5 Å². The average Bonchev–Trinajstić information content (AvgIpc) is 3.57. The normalized spacial score (nSPS) is 22.1. The molecule has 0 saturated carbocycles. The zero-order valence-electron chi connectivity index (χ0n) is 22.9. The Hall–Kier alpha value is -3.91. The van der Waals surface area contributed by atoms with E-state index in [2.05, 4.69) is 37.3 Å². The number of rotatable bonds is 6. The van der Waals surface area contributed by atoms with Gasteiger partial charge in [-0.15, -0.1) is 10.2 Å². The first-order valence-electron chi connectivity index (χ1n) is 13.2. The van der Waals surface area contributed by atoms with Crippen LogP contribution in [-0.2, 0) is 10.2 Å². The van der Waals surface area contributed by atoms with Crippen molar-refractivity contribution in [2.75, 3.05) is 5.32 Å². The molecule has 3 N–H and O–H groups in total. The number of nitrogens with zero attached hydrogens (tertiary/aromatic N) is 4. The van der Waals surface area contributed by atoms with E-state index < -0.39 is 41.0 Å². The van der Waals surface area contributed by atoms with Gasteiger partial charge in [-0.05, 0) is 52.9 Å². The molecule has 0 spiro atoms. The third-order valence-electron chi connectivity index (χ3n) is 7.47. The number of nitrogens with one attached hydrogen (secondary N) is 3. The van der Waals surface area contributed by atoms with Crippen molar-refractivity contribution in [2.24, 2.45) is 5.41 Å². The summed E-state index contributed by atoms with van der Waals surface area (Å²) >= 11 is 12.3. The van der Waals surface area contributed by atoms with Crippen molar-refractivity contribution in [2.45, 2.75) is 50.6 Å². The standard InChI is InChI=1S/C30H27Cl2F2N7O/c1-29(2,3)14-23-30(15-35,20-11-10-17(31)13-22(20)33)24(19-8-5-9-21(32)25(19)34)26(37-23)28(42)36-18-7-4-6-16(12-18)27-38-40-41-39-27/h4-13,23-24,26,37H,14H2,1-3H3,(H,36,42)(H,38,39,40,41)/t23-,24?,26?,30-/m1/s1. The lowest BCUT2D eigenvalue weighted by molar-refractivity contribution is -0.118. The predicted molar refractivity (Wildman–Crippen MR) is 156 cm³/mol. The number of hydrogen-bond acceptors (Lipinski definition) is 6. The van der Waals surface area contributed by atoms with Gasteiger partial charge in [0, 0.05) is 33.8 Å². The number of nitriles is 1. The number of anilines is 1. The van der Waals surface area contributed by atoms with Crippen LogP contribution in [0.4, 0.5) is 14.5 Å². The molecule has 0 bridgehead atoms. The minimum absolute atomic E-state index is 0.00919. The predicted octanol–water partition coefficient (Wildman–Crippen LogP) is 6.41. The fourth-order valence-corrected chi connectivity index (χ4v) is 6.14. The number of halogens is 4. The molecule has 5 rings (SSSR count). The second kappa shape index (κ2) is 11.4. The number of amides is 1. The van der Waals surface area contributed by atoms with Gasteiger partial charge < -0.3 is 10.6 Å². The summed E-state index contributed by atoms with van der Waals surface area (Å²) in [5, 5.41) is 31.0. The Bertz CT molecular complexity index is 1670. The number of benzene rings is 3. The molecule has 1 amide bonds. The van der Waals surface area contributed by atoms with Crippen molar-refractivity contribution in [3.8, 4) is 17.5 Å². The Morgan fingerprint density at radius 1 is 1.12 bits per heavy atom. The first-order chi connectivity index (χ1) is 19.9. The van der Waals surface area contributed by atoms with Gasteiger partial charge in [0.1, 0.15) is 17.0 Å². The molecule has 1 aliphatic rings. The Morgan fingerprint density at radius 3 is 2.55 bits per heavy atom. The van der Waals surface area contributed by atoms with Gasteiger partial charge >= 0.3 is 0 Å². The SMILES string of the molecule is CC(C)(C)C[C@H]1NC(C(=O)Nc2cccc(-c3nn[nH]n3)c2)C(c2cccc(Cl)c2F)[C@]1(C#N)c1ccc(Cl)cc1F. The summed E-state index contributed by atoms with van der Waals surface area (Å²) in [6.45, 7) is 5.92. The molecule has 0 aliphatic carbocycles. The van der Waals surface area contributed by atoms with E-state index >= 15 is 8.78 Å². The second-order valence-electron chi connectivity index (χ2n) is 11.5. The van der Waals surface area contributed by atoms with Crippen molar-refractivity contribution < 1.29 is 13.6 Å². The molecule has 12 heteroatoms. The van der Waals surface area contributed by atoms with Crippen molar-refractivity contribution in [1.82, 2.24) is 25.9 Å². The van der Waals surface area contributed by atoms with Gasteiger partial charge in [0.05, 0.1) is 17.1 Å². The first-order valence-corrected chi connectivity index (χ1v) is 13.9. The summed E-state index contributed by atoms with van der Waals surface area (Å²) in [6.07, 6.45) is 0.360. The van der Waals surface area contributed by atoms with Gasteiger partial charge in [-0.25, -0.2) is 8.78 Å². The molecule has 1 saturated heterocycles. The maximum absolute atomic E-state index is 15.8. The fraction of sp³-hybridized carbons (Fsp3) is 0.300. The smallest absolute Gasteiger partial charge is 0.242 e. The second-order valence-corrected chi connectivity index (χ2v) is 12.3. The Balaban J connectivity index is 1.67. The summed E-state index contributed by atoms with van der Waals surface area (Å²) < 4.78 is 31.6. The van der Waals surface area contributed by atoms with E-state index in [9.17, 15) is 10.1 Å². The molecule has 42 heavy (non-hydrogen) atoms. The summed E-state index contributed by atoms with van der Waals surface area (Å²) in [6, 6.07) is 15.6. The molecule has 4 atom stereocenters. The summed E-state index contributed by atoms with van der Waals surface area (Å²) in [4.78, 5) is 14.1. The van der Waals surface area contributed by atoms with Crippen molar-refractivity contribution >= 4 is 34.8 Å². The van der Waals surface area contributed by atoms with Crippen LogP contribution in [0.25, 0.3) is 11.4 Å². The third kappa shape index (κ3) is 5.48. The summed E-state index contributed by atoms with van der Waals surface area (Å²) in [7, 11) is 0. The molecule has 4 aromatic rings. The van der Waals surface area contributed by atoms with Gasteiger partial charge in [0.2, 0.25) is 11.7 Å². The van der Waals surface area contributed by atoms with Crippen LogP contribution < -0.4 is 10.6 Å². The number of H-pyrrole nitrogens is 1. The third-order valence-corrected chi connectivity index (χ3v) is 7.99. The van der Waals surface area contributed by atoms with Crippen molar-refractivity contribution in [3.63, 3.8) is 0 Å². The van der Waals surface area contributed by atoms with Gasteiger partial charge in [0.25, 0.3) is 0 Å². The first kappa shape index (κ1) is 29.6. The van der Waals surface area contributed by atoms with Crippen LogP contribution >= 0.6 is 23.2 Å². The number of carbonyl (C=O) groups excluding carboxylic acids is 1. The Morgan fingerprint density at radius 2 is 1.88 bits per heavy atom. The number of tetrazole rings is 1. The lowest BCUT2D eigenvalue weighted by atomic mass is 9.62. The zero-order chi connectivity index (χ0) is 30.2. The lowest BCUT2D eigenvalue weighted by Crippen LogP contribution is -2.45. The number of aromatic amines is 1. The highest BCUT2D eigenvalue weighted by atomic mass is 35.5. The molecule has 1 aromatic heterocycles. The monoisotopic (exact) mass is 609 g/mol. The molecule has 0 radical (unpaired) electrons. The number of hydrogen-bond donors (Lipinski definition) is 3.